The first-order chi connectivity index (χ1) is 15.9. The number of aryl methyl sites for hydroxylation is 1. The Morgan fingerprint density at radius 3 is 2.55 bits per heavy atom. The van der Waals surface area contributed by atoms with Gasteiger partial charge in [0.05, 0.1) is 30.2 Å². The van der Waals surface area contributed by atoms with Crippen LogP contribution in [0.15, 0.2) is 68.7 Å². The molecule has 0 aliphatic carbocycles. The van der Waals surface area contributed by atoms with Crippen LogP contribution in [0.4, 0.5) is 0 Å². The fourth-order valence-electron chi connectivity index (χ4n) is 3.52. The highest BCUT2D eigenvalue weighted by Gasteiger charge is 2.25. The first kappa shape index (κ1) is 23.0. The lowest BCUT2D eigenvalue weighted by molar-refractivity contribution is -0.137. The van der Waals surface area contributed by atoms with Crippen molar-refractivity contribution in [2.75, 3.05) is 32.9 Å². The number of aromatic nitrogens is 1. The van der Waals surface area contributed by atoms with Crippen LogP contribution in [0.5, 0.6) is 0 Å². The highest BCUT2D eigenvalue weighted by molar-refractivity contribution is 7.89. The first-order valence-corrected chi connectivity index (χ1v) is 12.0. The molecular weight excluding hydrogens is 448 g/mol. The number of nitrogens with zero attached hydrogens (tertiary/aromatic N) is 2. The standard InChI is InChI=1S/C23H24N2O7S/c26-22(31-15-3-12-25-20-4-1-2-5-21(20)32-23(25)27)11-8-18-6-9-19(10-7-18)33(28,29)24-13-16-30-17-14-24/h1-2,4-11H,3,12-17H2/b11-8+. The first-order valence-electron chi connectivity index (χ1n) is 10.6. The summed E-state index contributed by atoms with van der Waals surface area (Å²) in [6.07, 6.45) is 3.30. The third-order valence-electron chi connectivity index (χ3n) is 5.24. The SMILES string of the molecule is O=C(/C=C/c1ccc(S(=O)(=O)N2CCOCC2)cc1)OCCCn1c(=O)oc2ccccc21. The van der Waals surface area contributed by atoms with Gasteiger partial charge in [-0.2, -0.15) is 4.31 Å². The molecule has 2 heterocycles. The number of oxazole rings is 1. The highest BCUT2D eigenvalue weighted by atomic mass is 32.2. The average Bonchev–Trinajstić information content (AvgIpc) is 3.16. The summed E-state index contributed by atoms with van der Waals surface area (Å²) in [5.74, 6) is -0.967. The number of hydrogen-bond donors (Lipinski definition) is 0. The fraction of sp³-hybridized carbons (Fsp3) is 0.304. The molecule has 10 heteroatoms. The van der Waals surface area contributed by atoms with E-state index >= 15 is 0 Å². The van der Waals surface area contributed by atoms with E-state index in [0.717, 1.165) is 0 Å². The molecule has 0 bridgehead atoms. The van der Waals surface area contributed by atoms with Crippen LogP contribution in [-0.2, 0) is 30.8 Å². The number of sulfonamides is 1. The summed E-state index contributed by atoms with van der Waals surface area (Å²) in [6, 6.07) is 13.4. The van der Waals surface area contributed by atoms with Crippen LogP contribution in [0.1, 0.15) is 12.0 Å². The van der Waals surface area contributed by atoms with E-state index in [4.69, 9.17) is 13.9 Å². The molecule has 0 atom stereocenters. The lowest BCUT2D eigenvalue weighted by atomic mass is 10.2. The van der Waals surface area contributed by atoms with Crippen LogP contribution in [0.2, 0.25) is 0 Å². The van der Waals surface area contributed by atoms with Gasteiger partial charge in [-0.05, 0) is 42.3 Å². The number of para-hydroxylation sites is 2. The van der Waals surface area contributed by atoms with Crippen molar-refractivity contribution < 1.29 is 27.1 Å². The molecule has 1 saturated heterocycles. The summed E-state index contributed by atoms with van der Waals surface area (Å²) in [5, 5.41) is 0. The second kappa shape index (κ2) is 10.2. The molecule has 0 N–H and O–H groups in total. The molecule has 1 fully saturated rings. The number of rotatable bonds is 8. The zero-order chi connectivity index (χ0) is 23.3. The molecule has 0 amide bonds. The van der Waals surface area contributed by atoms with E-state index in [9.17, 15) is 18.0 Å². The molecule has 3 aromatic rings. The maximum Gasteiger partial charge on any atom is 0.419 e. The molecule has 0 saturated carbocycles. The Morgan fingerprint density at radius 2 is 1.79 bits per heavy atom. The number of carbonyl (C=O) groups is 1. The predicted octanol–water partition coefficient (Wildman–Crippen LogP) is 2.26. The molecule has 0 unspecified atom stereocenters. The summed E-state index contributed by atoms with van der Waals surface area (Å²) in [6.45, 7) is 1.95. The van der Waals surface area contributed by atoms with Gasteiger partial charge in [0.15, 0.2) is 5.58 Å². The molecule has 174 valence electrons. The molecule has 0 radical (unpaired) electrons. The van der Waals surface area contributed by atoms with Crippen molar-refractivity contribution in [3.8, 4) is 0 Å². The van der Waals surface area contributed by atoms with Crippen LogP contribution in [0, 0.1) is 0 Å². The molecule has 2 aromatic carbocycles. The maximum absolute atomic E-state index is 12.6. The zero-order valence-corrected chi connectivity index (χ0v) is 18.7. The summed E-state index contributed by atoms with van der Waals surface area (Å²) >= 11 is 0. The second-order valence-electron chi connectivity index (χ2n) is 7.43. The summed E-state index contributed by atoms with van der Waals surface area (Å²) < 4.78 is 43.7. The van der Waals surface area contributed by atoms with Crippen molar-refractivity contribution in [3.05, 3.63) is 70.7 Å². The largest absolute Gasteiger partial charge is 0.462 e. The monoisotopic (exact) mass is 472 g/mol. The Labute approximate surface area is 190 Å². The van der Waals surface area contributed by atoms with Crippen molar-refractivity contribution in [2.45, 2.75) is 17.9 Å². The van der Waals surface area contributed by atoms with Gasteiger partial charge in [0, 0.05) is 25.7 Å². The van der Waals surface area contributed by atoms with Crippen molar-refractivity contribution in [3.63, 3.8) is 0 Å². The van der Waals surface area contributed by atoms with Gasteiger partial charge >= 0.3 is 11.7 Å². The Hall–Kier alpha value is -3.21. The normalized spacial score (nSPS) is 15.3. The number of hydrogen-bond acceptors (Lipinski definition) is 7. The quantitative estimate of drug-likeness (QED) is 0.281. The van der Waals surface area contributed by atoms with Gasteiger partial charge in [0.25, 0.3) is 0 Å². The van der Waals surface area contributed by atoms with E-state index in [1.54, 1.807) is 36.4 Å². The molecule has 0 spiro atoms. The number of fused-ring (bicyclic) bond motifs is 1. The minimum atomic E-state index is -3.55. The van der Waals surface area contributed by atoms with Gasteiger partial charge in [0.1, 0.15) is 0 Å². The molecular formula is C23H24N2O7S. The van der Waals surface area contributed by atoms with Crippen molar-refractivity contribution in [1.82, 2.24) is 8.87 Å². The van der Waals surface area contributed by atoms with Crippen LogP contribution < -0.4 is 5.76 Å². The van der Waals surface area contributed by atoms with Gasteiger partial charge in [-0.3, -0.25) is 4.57 Å². The summed E-state index contributed by atoms with van der Waals surface area (Å²) in [4.78, 5) is 24.1. The van der Waals surface area contributed by atoms with E-state index in [2.05, 4.69) is 0 Å². The molecule has 4 rings (SSSR count). The van der Waals surface area contributed by atoms with Gasteiger partial charge in [-0.15, -0.1) is 0 Å². The van der Waals surface area contributed by atoms with Gasteiger partial charge in [0.2, 0.25) is 10.0 Å². The fourth-order valence-corrected chi connectivity index (χ4v) is 4.93. The minimum Gasteiger partial charge on any atom is -0.462 e. The van der Waals surface area contributed by atoms with Crippen molar-refractivity contribution in [1.29, 1.82) is 0 Å². The summed E-state index contributed by atoms with van der Waals surface area (Å²) in [5.41, 5.74) is 1.89. The van der Waals surface area contributed by atoms with Crippen LogP contribution in [-0.4, -0.2) is 56.2 Å². The van der Waals surface area contributed by atoms with Crippen LogP contribution >= 0.6 is 0 Å². The Balaban J connectivity index is 1.27. The number of morpholine rings is 1. The molecule has 33 heavy (non-hydrogen) atoms. The van der Waals surface area contributed by atoms with Crippen molar-refractivity contribution in [2.24, 2.45) is 0 Å². The van der Waals surface area contributed by atoms with E-state index in [0.29, 0.717) is 55.9 Å². The Bertz CT molecular complexity index is 1300. The van der Waals surface area contributed by atoms with Crippen molar-refractivity contribution >= 4 is 33.2 Å². The molecule has 1 aromatic heterocycles. The molecule has 1 aliphatic rings. The lowest BCUT2D eigenvalue weighted by Gasteiger charge is -2.26. The highest BCUT2D eigenvalue weighted by Crippen LogP contribution is 2.18. The van der Waals surface area contributed by atoms with E-state index in [1.165, 1.54) is 27.1 Å². The van der Waals surface area contributed by atoms with E-state index in [1.807, 2.05) is 6.07 Å². The number of ether oxygens (including phenoxy) is 2. The smallest absolute Gasteiger partial charge is 0.419 e. The van der Waals surface area contributed by atoms with E-state index in [-0.39, 0.29) is 11.5 Å². The summed E-state index contributed by atoms with van der Waals surface area (Å²) in [7, 11) is -3.55. The zero-order valence-electron chi connectivity index (χ0n) is 17.9. The number of carbonyl (C=O) groups excluding carboxylic acids is 1. The van der Waals surface area contributed by atoms with Crippen LogP contribution in [0.25, 0.3) is 17.2 Å². The maximum atomic E-state index is 12.6. The van der Waals surface area contributed by atoms with Gasteiger partial charge in [-0.25, -0.2) is 18.0 Å². The Kier molecular flexibility index (Phi) is 7.07. The third kappa shape index (κ3) is 5.41. The minimum absolute atomic E-state index is 0.145. The molecule has 9 nitrogen and oxygen atoms in total. The molecule has 1 aliphatic heterocycles. The lowest BCUT2D eigenvalue weighted by Crippen LogP contribution is -2.40. The number of benzene rings is 2. The Morgan fingerprint density at radius 1 is 1.06 bits per heavy atom. The number of esters is 1. The van der Waals surface area contributed by atoms with Crippen LogP contribution in [0.3, 0.4) is 0 Å². The second-order valence-corrected chi connectivity index (χ2v) is 9.37. The van der Waals surface area contributed by atoms with Gasteiger partial charge in [-0.1, -0.05) is 24.3 Å². The average molecular weight is 473 g/mol. The third-order valence-corrected chi connectivity index (χ3v) is 7.16. The van der Waals surface area contributed by atoms with E-state index < -0.39 is 21.7 Å². The topological polar surface area (TPSA) is 108 Å². The predicted molar refractivity (Wildman–Crippen MR) is 121 cm³/mol. The van der Waals surface area contributed by atoms with Gasteiger partial charge < -0.3 is 13.9 Å².